The van der Waals surface area contributed by atoms with Gasteiger partial charge in [-0.15, -0.1) is 0 Å². The summed E-state index contributed by atoms with van der Waals surface area (Å²) in [6.07, 6.45) is 0. The van der Waals surface area contributed by atoms with E-state index in [2.05, 4.69) is 35.5 Å². The Labute approximate surface area is 169 Å². The molecule has 5 nitrogen and oxygen atoms in total. The van der Waals surface area contributed by atoms with Gasteiger partial charge in [0.2, 0.25) is 5.78 Å². The van der Waals surface area contributed by atoms with E-state index in [-0.39, 0.29) is 0 Å². The largest absolute Gasteiger partial charge is 0.308 e. The van der Waals surface area contributed by atoms with E-state index in [4.69, 9.17) is 16.6 Å². The van der Waals surface area contributed by atoms with Gasteiger partial charge in [0, 0.05) is 23.7 Å². The van der Waals surface area contributed by atoms with Gasteiger partial charge in [0.25, 0.3) is 0 Å². The zero-order chi connectivity index (χ0) is 19.7. The standard InChI is InChI=1S/C22H22ClN5/c1-3-26(4-2)13-14-27-18-7-5-6-8-19(18)28-20(15-24)21(25-22(27)28)16-9-11-17(23)12-10-16/h5-12H,3-4,13-14H2,1-2H3. The predicted molar refractivity (Wildman–Crippen MR) is 114 cm³/mol. The molecule has 0 radical (unpaired) electrons. The Hall–Kier alpha value is -2.81. The second-order valence-electron chi connectivity index (χ2n) is 6.73. The van der Waals surface area contributed by atoms with Crippen LogP contribution in [-0.2, 0) is 6.54 Å². The first kappa shape index (κ1) is 18.5. The van der Waals surface area contributed by atoms with Crippen LogP contribution >= 0.6 is 11.6 Å². The molecule has 28 heavy (non-hydrogen) atoms. The van der Waals surface area contributed by atoms with Gasteiger partial charge < -0.3 is 9.47 Å². The molecule has 2 aromatic heterocycles. The topological polar surface area (TPSA) is 49.3 Å². The Morgan fingerprint density at radius 2 is 1.71 bits per heavy atom. The van der Waals surface area contributed by atoms with Crippen molar-refractivity contribution in [3.63, 3.8) is 0 Å². The molecule has 0 aliphatic carbocycles. The maximum atomic E-state index is 9.93. The molecule has 4 rings (SSSR count). The normalized spacial score (nSPS) is 11.5. The number of benzene rings is 2. The van der Waals surface area contributed by atoms with Crippen LogP contribution in [0.3, 0.4) is 0 Å². The van der Waals surface area contributed by atoms with Crippen LogP contribution in [0.2, 0.25) is 5.02 Å². The van der Waals surface area contributed by atoms with Crippen molar-refractivity contribution in [2.24, 2.45) is 0 Å². The van der Waals surface area contributed by atoms with Gasteiger partial charge in [-0.25, -0.2) is 4.98 Å². The van der Waals surface area contributed by atoms with E-state index in [0.717, 1.165) is 48.6 Å². The average Bonchev–Trinajstić information content (AvgIpc) is 3.24. The van der Waals surface area contributed by atoms with E-state index in [9.17, 15) is 5.26 Å². The van der Waals surface area contributed by atoms with E-state index in [0.29, 0.717) is 16.4 Å². The van der Waals surface area contributed by atoms with Crippen LogP contribution in [0.4, 0.5) is 0 Å². The number of hydrogen-bond acceptors (Lipinski definition) is 3. The Bertz CT molecular complexity index is 1160. The van der Waals surface area contributed by atoms with Crippen LogP contribution in [-0.4, -0.2) is 38.5 Å². The molecule has 2 aromatic carbocycles. The summed E-state index contributed by atoms with van der Waals surface area (Å²) in [6.45, 7) is 8.14. The van der Waals surface area contributed by atoms with Crippen molar-refractivity contribution in [2.75, 3.05) is 19.6 Å². The maximum Gasteiger partial charge on any atom is 0.216 e. The predicted octanol–water partition coefficient (Wildman–Crippen LogP) is 4.82. The molecule has 0 atom stereocenters. The van der Waals surface area contributed by atoms with Gasteiger partial charge in [-0.3, -0.25) is 4.40 Å². The number of hydrogen-bond donors (Lipinski definition) is 0. The van der Waals surface area contributed by atoms with E-state index in [1.165, 1.54) is 0 Å². The molecule has 142 valence electrons. The van der Waals surface area contributed by atoms with Crippen molar-refractivity contribution in [1.29, 1.82) is 5.26 Å². The molecule has 0 bridgehead atoms. The fourth-order valence-electron chi connectivity index (χ4n) is 3.72. The molecule has 6 heteroatoms. The third-order valence-corrected chi connectivity index (χ3v) is 5.52. The van der Waals surface area contributed by atoms with Gasteiger partial charge >= 0.3 is 0 Å². The van der Waals surface area contributed by atoms with Gasteiger partial charge in [-0.1, -0.05) is 49.7 Å². The lowest BCUT2D eigenvalue weighted by Gasteiger charge is -2.18. The van der Waals surface area contributed by atoms with Crippen molar-refractivity contribution in [3.8, 4) is 17.3 Å². The smallest absolute Gasteiger partial charge is 0.216 e. The van der Waals surface area contributed by atoms with Gasteiger partial charge in [0.15, 0.2) is 5.69 Å². The van der Waals surface area contributed by atoms with Crippen LogP contribution in [0.5, 0.6) is 0 Å². The highest BCUT2D eigenvalue weighted by atomic mass is 35.5. The molecule has 4 aromatic rings. The number of nitrogens with zero attached hydrogens (tertiary/aromatic N) is 5. The fourth-order valence-corrected chi connectivity index (χ4v) is 3.85. The van der Waals surface area contributed by atoms with E-state index in [1.807, 2.05) is 46.9 Å². The van der Waals surface area contributed by atoms with Gasteiger partial charge in [0.1, 0.15) is 11.8 Å². The number of imidazole rings is 2. The van der Waals surface area contributed by atoms with Crippen molar-refractivity contribution in [1.82, 2.24) is 18.9 Å². The summed E-state index contributed by atoms with van der Waals surface area (Å²) in [4.78, 5) is 7.28. The number of para-hydroxylation sites is 2. The number of fused-ring (bicyclic) bond motifs is 3. The Morgan fingerprint density at radius 1 is 1.04 bits per heavy atom. The Balaban J connectivity index is 1.92. The molecule has 0 saturated carbocycles. The third-order valence-electron chi connectivity index (χ3n) is 5.27. The second-order valence-corrected chi connectivity index (χ2v) is 7.17. The van der Waals surface area contributed by atoms with Crippen LogP contribution < -0.4 is 0 Å². The van der Waals surface area contributed by atoms with Crippen molar-refractivity contribution in [2.45, 2.75) is 20.4 Å². The summed E-state index contributed by atoms with van der Waals surface area (Å²) in [5, 5.41) is 10.6. The molecule has 2 heterocycles. The molecular weight excluding hydrogens is 370 g/mol. The SMILES string of the molecule is CCN(CC)CCn1c2ccccc2n2c(C#N)c(-c3ccc(Cl)cc3)nc12. The van der Waals surface area contributed by atoms with Crippen molar-refractivity contribution < 1.29 is 0 Å². The number of nitriles is 1. The lowest BCUT2D eigenvalue weighted by molar-refractivity contribution is 0.293. The highest BCUT2D eigenvalue weighted by Crippen LogP contribution is 2.30. The molecule has 0 N–H and O–H groups in total. The van der Waals surface area contributed by atoms with Gasteiger partial charge in [-0.05, 0) is 37.4 Å². The zero-order valence-corrected chi connectivity index (χ0v) is 16.8. The van der Waals surface area contributed by atoms with Gasteiger partial charge in [0.05, 0.1) is 11.0 Å². The summed E-state index contributed by atoms with van der Waals surface area (Å²) < 4.78 is 4.19. The van der Waals surface area contributed by atoms with E-state index >= 15 is 0 Å². The van der Waals surface area contributed by atoms with Crippen LogP contribution in [0.15, 0.2) is 48.5 Å². The molecule has 0 amide bonds. The first-order valence-electron chi connectivity index (χ1n) is 9.56. The summed E-state index contributed by atoms with van der Waals surface area (Å²) >= 11 is 6.03. The minimum Gasteiger partial charge on any atom is -0.308 e. The minimum absolute atomic E-state index is 0.551. The Kier molecular flexibility index (Phi) is 5.08. The summed E-state index contributed by atoms with van der Waals surface area (Å²) in [6, 6.07) is 18.0. The number of aromatic nitrogens is 3. The van der Waals surface area contributed by atoms with Crippen LogP contribution in [0.25, 0.3) is 28.1 Å². The number of rotatable bonds is 6. The second kappa shape index (κ2) is 7.67. The summed E-state index contributed by atoms with van der Waals surface area (Å²) in [5.41, 5.74) is 4.23. The summed E-state index contributed by atoms with van der Waals surface area (Å²) in [5.74, 6) is 0.801. The minimum atomic E-state index is 0.551. The van der Waals surface area contributed by atoms with Crippen LogP contribution in [0.1, 0.15) is 19.5 Å². The lowest BCUT2D eigenvalue weighted by Crippen LogP contribution is -2.27. The first-order valence-corrected chi connectivity index (χ1v) is 9.93. The zero-order valence-electron chi connectivity index (χ0n) is 16.1. The average molecular weight is 392 g/mol. The van der Waals surface area contributed by atoms with Crippen LogP contribution in [0, 0.1) is 11.3 Å². The number of likely N-dealkylation sites (N-methyl/N-ethyl adjacent to an activating group) is 1. The highest BCUT2D eigenvalue weighted by Gasteiger charge is 2.21. The molecule has 0 fully saturated rings. The van der Waals surface area contributed by atoms with Gasteiger partial charge in [-0.2, -0.15) is 5.26 Å². The molecule has 0 unspecified atom stereocenters. The quantitative estimate of drug-likeness (QED) is 0.473. The van der Waals surface area contributed by atoms with Crippen molar-refractivity contribution >= 4 is 28.4 Å². The highest BCUT2D eigenvalue weighted by molar-refractivity contribution is 6.30. The lowest BCUT2D eigenvalue weighted by atomic mass is 10.1. The maximum absolute atomic E-state index is 9.93. The molecule has 0 saturated heterocycles. The monoisotopic (exact) mass is 391 g/mol. The first-order chi connectivity index (χ1) is 13.7. The molecule has 0 aliphatic rings. The molecule has 0 spiro atoms. The van der Waals surface area contributed by atoms with E-state index < -0.39 is 0 Å². The van der Waals surface area contributed by atoms with E-state index in [1.54, 1.807) is 0 Å². The number of halogens is 1. The summed E-state index contributed by atoms with van der Waals surface area (Å²) in [7, 11) is 0. The Morgan fingerprint density at radius 3 is 2.36 bits per heavy atom. The molecule has 0 aliphatic heterocycles. The van der Waals surface area contributed by atoms with Crippen molar-refractivity contribution in [3.05, 3.63) is 59.2 Å². The third kappa shape index (κ3) is 3.05. The fraction of sp³-hybridized carbons (Fsp3) is 0.273. The molecular formula is C22H22ClN5.